The number of hydrogen-bond donors (Lipinski definition) is 0. The van der Waals surface area contributed by atoms with E-state index in [9.17, 15) is 4.79 Å². The zero-order chi connectivity index (χ0) is 16.0. The van der Waals surface area contributed by atoms with E-state index in [1.54, 1.807) is 0 Å². The molecule has 1 aromatic heterocycles. The van der Waals surface area contributed by atoms with Crippen molar-refractivity contribution in [1.82, 2.24) is 0 Å². The zero-order valence-corrected chi connectivity index (χ0v) is 13.1. The Morgan fingerprint density at radius 1 is 0.696 bits per heavy atom. The number of aryl methyl sites for hydroxylation is 2. The highest BCUT2D eigenvalue weighted by Crippen LogP contribution is 2.33. The van der Waals surface area contributed by atoms with E-state index in [0.29, 0.717) is 11.0 Å². The molecule has 0 aliphatic heterocycles. The minimum Gasteiger partial charge on any atom is -0.422 e. The molecule has 0 unspecified atom stereocenters. The highest BCUT2D eigenvalue weighted by atomic mass is 16.4. The predicted octanol–water partition coefficient (Wildman–Crippen LogP) is 5.23. The Morgan fingerprint density at radius 3 is 2.17 bits per heavy atom. The van der Waals surface area contributed by atoms with Crippen molar-refractivity contribution in [1.29, 1.82) is 0 Å². The summed E-state index contributed by atoms with van der Waals surface area (Å²) in [5, 5.41) is 2.55. The minimum absolute atomic E-state index is 0.280. The summed E-state index contributed by atoms with van der Waals surface area (Å²) in [4.78, 5) is 12.3. The van der Waals surface area contributed by atoms with Crippen LogP contribution in [0.25, 0.3) is 32.9 Å². The van der Waals surface area contributed by atoms with Crippen molar-refractivity contribution < 1.29 is 4.42 Å². The standard InChI is InChI=1S/C21H16O2/c1-13-7-3-4-8-15(13)16-11-12-18-17-9-5-6-10-19(17)21(22)23-20(18)14(16)2/h3-12H,1-2H3. The van der Waals surface area contributed by atoms with Crippen molar-refractivity contribution in [3.8, 4) is 11.1 Å². The van der Waals surface area contributed by atoms with Crippen LogP contribution in [-0.4, -0.2) is 0 Å². The molecule has 0 saturated heterocycles. The number of rotatable bonds is 1. The Morgan fingerprint density at radius 2 is 1.39 bits per heavy atom. The molecule has 0 aliphatic rings. The molecule has 0 atom stereocenters. The van der Waals surface area contributed by atoms with Gasteiger partial charge in [-0.05, 0) is 48.1 Å². The first-order valence-electron chi connectivity index (χ1n) is 7.68. The average Bonchev–Trinajstić information content (AvgIpc) is 2.57. The largest absolute Gasteiger partial charge is 0.422 e. The molecule has 0 saturated carbocycles. The number of fused-ring (bicyclic) bond motifs is 3. The average molecular weight is 300 g/mol. The first kappa shape index (κ1) is 13.8. The molecule has 23 heavy (non-hydrogen) atoms. The molecule has 2 nitrogen and oxygen atoms in total. The maximum Gasteiger partial charge on any atom is 0.344 e. The van der Waals surface area contributed by atoms with Crippen LogP contribution in [0.4, 0.5) is 0 Å². The summed E-state index contributed by atoms with van der Waals surface area (Å²) in [7, 11) is 0. The van der Waals surface area contributed by atoms with E-state index < -0.39 is 0 Å². The molecule has 4 aromatic rings. The summed E-state index contributed by atoms with van der Waals surface area (Å²) >= 11 is 0. The lowest BCUT2D eigenvalue weighted by atomic mass is 9.94. The van der Waals surface area contributed by atoms with E-state index in [4.69, 9.17) is 4.42 Å². The van der Waals surface area contributed by atoms with E-state index in [1.807, 2.05) is 43.3 Å². The number of benzene rings is 3. The van der Waals surface area contributed by atoms with E-state index in [0.717, 1.165) is 21.9 Å². The van der Waals surface area contributed by atoms with Gasteiger partial charge in [0, 0.05) is 10.9 Å². The SMILES string of the molecule is Cc1ccccc1-c1ccc2c(oc(=O)c3ccccc32)c1C. The fraction of sp³-hybridized carbons (Fsp3) is 0.0952. The van der Waals surface area contributed by atoms with Gasteiger partial charge in [-0.1, -0.05) is 48.5 Å². The minimum atomic E-state index is -0.280. The molecule has 0 spiro atoms. The summed E-state index contributed by atoms with van der Waals surface area (Å²) < 4.78 is 5.65. The smallest absolute Gasteiger partial charge is 0.344 e. The maximum atomic E-state index is 12.3. The van der Waals surface area contributed by atoms with Gasteiger partial charge in [-0.2, -0.15) is 0 Å². The Hall–Kier alpha value is -2.87. The van der Waals surface area contributed by atoms with Gasteiger partial charge in [0.2, 0.25) is 0 Å². The molecule has 4 rings (SSSR count). The van der Waals surface area contributed by atoms with Gasteiger partial charge >= 0.3 is 5.63 Å². The van der Waals surface area contributed by atoms with Gasteiger partial charge < -0.3 is 4.42 Å². The molecule has 112 valence electrons. The molecule has 3 aromatic carbocycles. The third-order valence-electron chi connectivity index (χ3n) is 4.47. The van der Waals surface area contributed by atoms with Crippen LogP contribution >= 0.6 is 0 Å². The Labute approximate surface area is 134 Å². The fourth-order valence-corrected chi connectivity index (χ4v) is 3.25. The van der Waals surface area contributed by atoms with E-state index in [-0.39, 0.29) is 5.63 Å². The summed E-state index contributed by atoms with van der Waals surface area (Å²) in [6.07, 6.45) is 0. The molecule has 0 fully saturated rings. The topological polar surface area (TPSA) is 30.2 Å². The highest BCUT2D eigenvalue weighted by molar-refractivity contribution is 6.06. The van der Waals surface area contributed by atoms with Crippen molar-refractivity contribution >= 4 is 21.7 Å². The van der Waals surface area contributed by atoms with Gasteiger partial charge in [0.15, 0.2) is 0 Å². The summed E-state index contributed by atoms with van der Waals surface area (Å²) in [5.41, 5.74) is 4.88. The fourth-order valence-electron chi connectivity index (χ4n) is 3.25. The van der Waals surface area contributed by atoms with Crippen LogP contribution in [-0.2, 0) is 0 Å². The van der Waals surface area contributed by atoms with Gasteiger partial charge in [-0.25, -0.2) is 4.79 Å². The van der Waals surface area contributed by atoms with Gasteiger partial charge in [0.05, 0.1) is 5.39 Å². The molecule has 0 radical (unpaired) electrons. The van der Waals surface area contributed by atoms with Crippen LogP contribution in [0.15, 0.2) is 69.9 Å². The molecule has 0 aliphatic carbocycles. The van der Waals surface area contributed by atoms with Crippen LogP contribution in [0.3, 0.4) is 0 Å². The van der Waals surface area contributed by atoms with E-state index >= 15 is 0 Å². The second kappa shape index (κ2) is 5.10. The van der Waals surface area contributed by atoms with Gasteiger partial charge in [0.25, 0.3) is 0 Å². The van der Waals surface area contributed by atoms with Crippen LogP contribution in [0, 0.1) is 13.8 Å². The van der Waals surface area contributed by atoms with Crippen molar-refractivity contribution in [2.24, 2.45) is 0 Å². The van der Waals surface area contributed by atoms with Gasteiger partial charge in [-0.15, -0.1) is 0 Å². The molecule has 0 N–H and O–H groups in total. The molecule has 2 heteroatoms. The molecular weight excluding hydrogens is 284 g/mol. The van der Waals surface area contributed by atoms with Gasteiger partial charge in [-0.3, -0.25) is 0 Å². The first-order chi connectivity index (χ1) is 11.2. The Kier molecular flexibility index (Phi) is 3.05. The first-order valence-corrected chi connectivity index (χ1v) is 7.68. The second-order valence-corrected chi connectivity index (χ2v) is 5.86. The predicted molar refractivity (Wildman–Crippen MR) is 94.9 cm³/mol. The van der Waals surface area contributed by atoms with Crippen molar-refractivity contribution in [3.05, 3.63) is 82.2 Å². The lowest BCUT2D eigenvalue weighted by Crippen LogP contribution is -2.01. The molecule has 0 bridgehead atoms. The van der Waals surface area contributed by atoms with Crippen LogP contribution in [0.2, 0.25) is 0 Å². The molecule has 0 amide bonds. The van der Waals surface area contributed by atoms with Crippen molar-refractivity contribution in [3.63, 3.8) is 0 Å². The quantitative estimate of drug-likeness (QED) is 0.356. The van der Waals surface area contributed by atoms with Crippen molar-refractivity contribution in [2.45, 2.75) is 13.8 Å². The Balaban J connectivity index is 2.13. The third kappa shape index (κ3) is 2.07. The summed E-state index contributed by atoms with van der Waals surface area (Å²) in [6.45, 7) is 4.11. The lowest BCUT2D eigenvalue weighted by molar-refractivity contribution is 0.567. The monoisotopic (exact) mass is 300 g/mol. The summed E-state index contributed by atoms with van der Waals surface area (Å²) in [5.74, 6) is 0. The summed E-state index contributed by atoms with van der Waals surface area (Å²) in [6, 6.07) is 20.0. The highest BCUT2D eigenvalue weighted by Gasteiger charge is 2.13. The van der Waals surface area contributed by atoms with Crippen molar-refractivity contribution in [2.75, 3.05) is 0 Å². The molecule has 1 heterocycles. The lowest BCUT2D eigenvalue weighted by Gasteiger charge is -2.12. The van der Waals surface area contributed by atoms with Crippen LogP contribution in [0.5, 0.6) is 0 Å². The Bertz CT molecular complexity index is 1100. The van der Waals surface area contributed by atoms with Crippen LogP contribution in [0.1, 0.15) is 11.1 Å². The van der Waals surface area contributed by atoms with E-state index in [2.05, 4.69) is 31.2 Å². The third-order valence-corrected chi connectivity index (χ3v) is 4.47. The van der Waals surface area contributed by atoms with E-state index in [1.165, 1.54) is 11.1 Å². The zero-order valence-electron chi connectivity index (χ0n) is 13.1. The number of hydrogen-bond acceptors (Lipinski definition) is 2. The normalized spacial score (nSPS) is 11.2. The van der Waals surface area contributed by atoms with Gasteiger partial charge in [0.1, 0.15) is 5.58 Å². The molecular formula is C21H16O2. The van der Waals surface area contributed by atoms with Crippen LogP contribution < -0.4 is 5.63 Å². The maximum absolute atomic E-state index is 12.3. The second-order valence-electron chi connectivity index (χ2n) is 5.86.